The number of aryl methyl sites for hydroxylation is 2. The van der Waals surface area contributed by atoms with E-state index in [1.807, 2.05) is 0 Å². The number of hydrogen-bond donors (Lipinski definition) is 2. The average Bonchev–Trinajstić information content (AvgIpc) is 2.21. The minimum Gasteiger partial charge on any atom is -0.391 e. The van der Waals surface area contributed by atoms with E-state index in [9.17, 15) is 10.2 Å². The third-order valence-electron chi connectivity index (χ3n) is 3.49. The topological polar surface area (TPSA) is 40.5 Å². The normalized spacial score (nSPS) is 14.9. The number of hydrogen-bond acceptors (Lipinski definition) is 2. The molecule has 16 heavy (non-hydrogen) atoms. The molecule has 0 aliphatic heterocycles. The minimum absolute atomic E-state index is 0.526. The largest absolute Gasteiger partial charge is 0.391 e. The van der Waals surface area contributed by atoms with Crippen LogP contribution >= 0.6 is 0 Å². The molecule has 0 saturated heterocycles. The summed E-state index contributed by atoms with van der Waals surface area (Å²) in [5, 5.41) is 19.1. The fourth-order valence-corrected chi connectivity index (χ4v) is 1.98. The van der Waals surface area contributed by atoms with Crippen molar-refractivity contribution in [1.82, 2.24) is 0 Å². The van der Waals surface area contributed by atoms with Gasteiger partial charge >= 0.3 is 0 Å². The van der Waals surface area contributed by atoms with E-state index in [0.717, 1.165) is 0 Å². The molecule has 2 N–H and O–H groups in total. The summed E-state index contributed by atoms with van der Waals surface area (Å²) in [6, 6.07) is 2.17. The molecule has 0 bridgehead atoms. The van der Waals surface area contributed by atoms with Gasteiger partial charge in [0.2, 0.25) is 0 Å². The lowest BCUT2D eigenvalue weighted by molar-refractivity contribution is 0.0318. The van der Waals surface area contributed by atoms with Crippen molar-refractivity contribution in [2.45, 2.75) is 53.2 Å². The molecule has 0 saturated carbocycles. The van der Waals surface area contributed by atoms with Crippen molar-refractivity contribution in [3.63, 3.8) is 0 Å². The van der Waals surface area contributed by atoms with Crippen molar-refractivity contribution < 1.29 is 10.2 Å². The zero-order chi connectivity index (χ0) is 12.5. The predicted molar refractivity (Wildman–Crippen MR) is 66.8 cm³/mol. The first-order valence-electron chi connectivity index (χ1n) is 5.77. The van der Waals surface area contributed by atoms with Crippen LogP contribution in [0.25, 0.3) is 0 Å². The Morgan fingerprint density at radius 3 is 1.81 bits per heavy atom. The maximum absolute atomic E-state index is 9.76. The van der Waals surface area contributed by atoms with Gasteiger partial charge in [-0.2, -0.15) is 0 Å². The van der Waals surface area contributed by atoms with Gasteiger partial charge in [-0.15, -0.1) is 0 Å². The Bertz CT molecular complexity index is 355. The zero-order valence-corrected chi connectivity index (χ0v) is 10.8. The van der Waals surface area contributed by atoms with Crippen molar-refractivity contribution in [3.05, 3.63) is 33.9 Å². The van der Waals surface area contributed by atoms with Crippen LogP contribution in [0, 0.1) is 27.7 Å². The fraction of sp³-hybridized carbons (Fsp3) is 0.571. The van der Waals surface area contributed by atoms with Crippen LogP contribution in [0.5, 0.6) is 0 Å². The Balaban J connectivity index is 3.12. The van der Waals surface area contributed by atoms with E-state index in [1.165, 1.54) is 27.8 Å². The maximum Gasteiger partial charge on any atom is 0.0836 e. The molecule has 1 aromatic rings. The second-order valence-corrected chi connectivity index (χ2v) is 4.75. The van der Waals surface area contributed by atoms with Gasteiger partial charge in [0, 0.05) is 6.42 Å². The van der Waals surface area contributed by atoms with Crippen molar-refractivity contribution in [3.8, 4) is 0 Å². The number of rotatable bonds is 3. The summed E-state index contributed by atoms with van der Waals surface area (Å²) in [7, 11) is 0. The Labute approximate surface area is 97.9 Å². The molecule has 2 heteroatoms. The van der Waals surface area contributed by atoms with Crippen molar-refractivity contribution in [2.75, 3.05) is 0 Å². The fourth-order valence-electron chi connectivity index (χ4n) is 1.98. The van der Waals surface area contributed by atoms with Gasteiger partial charge in [0.05, 0.1) is 12.2 Å². The average molecular weight is 222 g/mol. The second-order valence-electron chi connectivity index (χ2n) is 4.75. The predicted octanol–water partition coefficient (Wildman–Crippen LogP) is 2.20. The van der Waals surface area contributed by atoms with E-state index >= 15 is 0 Å². The standard InChI is InChI=1S/C14H22O2/c1-8-6-9(2)11(4)13(10(8)3)7-14(16)12(5)15/h6,12,14-16H,7H2,1-5H3. The highest BCUT2D eigenvalue weighted by atomic mass is 16.3. The summed E-state index contributed by atoms with van der Waals surface area (Å²) in [6.07, 6.45) is -0.837. The van der Waals surface area contributed by atoms with E-state index in [-0.39, 0.29) is 0 Å². The highest BCUT2D eigenvalue weighted by molar-refractivity contribution is 5.44. The molecule has 2 nitrogen and oxygen atoms in total. The molecule has 0 aliphatic carbocycles. The molecule has 0 radical (unpaired) electrons. The van der Waals surface area contributed by atoms with Gasteiger partial charge in [0.15, 0.2) is 0 Å². The lowest BCUT2D eigenvalue weighted by Gasteiger charge is -2.19. The van der Waals surface area contributed by atoms with E-state index in [1.54, 1.807) is 6.92 Å². The first-order chi connectivity index (χ1) is 7.34. The van der Waals surface area contributed by atoms with E-state index in [4.69, 9.17) is 0 Å². The van der Waals surface area contributed by atoms with Gasteiger partial charge in [0.1, 0.15) is 0 Å². The number of aliphatic hydroxyl groups is 2. The molecule has 2 atom stereocenters. The molecule has 0 spiro atoms. The second kappa shape index (κ2) is 4.98. The number of aliphatic hydroxyl groups excluding tert-OH is 2. The minimum atomic E-state index is -0.682. The van der Waals surface area contributed by atoms with Gasteiger partial charge in [-0.05, 0) is 62.4 Å². The Kier molecular flexibility index (Phi) is 4.11. The van der Waals surface area contributed by atoms with Crippen LogP contribution in [0.2, 0.25) is 0 Å². The van der Waals surface area contributed by atoms with Gasteiger partial charge in [-0.1, -0.05) is 6.07 Å². The molecule has 0 amide bonds. The van der Waals surface area contributed by atoms with Crippen LogP contribution in [0.1, 0.15) is 34.7 Å². The Morgan fingerprint density at radius 2 is 1.44 bits per heavy atom. The molecular weight excluding hydrogens is 200 g/mol. The van der Waals surface area contributed by atoms with Crippen molar-refractivity contribution >= 4 is 0 Å². The first-order valence-corrected chi connectivity index (χ1v) is 5.77. The number of benzene rings is 1. The smallest absolute Gasteiger partial charge is 0.0836 e. The quantitative estimate of drug-likeness (QED) is 0.823. The van der Waals surface area contributed by atoms with Gasteiger partial charge in [0.25, 0.3) is 0 Å². The van der Waals surface area contributed by atoms with Gasteiger partial charge < -0.3 is 10.2 Å². The van der Waals surface area contributed by atoms with E-state index in [0.29, 0.717) is 6.42 Å². The lowest BCUT2D eigenvalue weighted by Crippen LogP contribution is -2.25. The summed E-state index contributed by atoms with van der Waals surface area (Å²) in [4.78, 5) is 0. The molecule has 0 heterocycles. The van der Waals surface area contributed by atoms with Crippen LogP contribution in [0.15, 0.2) is 6.07 Å². The molecule has 0 aliphatic rings. The summed E-state index contributed by atoms with van der Waals surface area (Å²) < 4.78 is 0. The van der Waals surface area contributed by atoms with Crippen LogP contribution < -0.4 is 0 Å². The Morgan fingerprint density at radius 1 is 1.00 bits per heavy atom. The summed E-state index contributed by atoms with van der Waals surface area (Å²) >= 11 is 0. The third kappa shape index (κ3) is 2.63. The first kappa shape index (κ1) is 13.2. The van der Waals surface area contributed by atoms with E-state index in [2.05, 4.69) is 33.8 Å². The molecule has 0 aromatic heterocycles. The molecule has 1 aromatic carbocycles. The highest BCUT2D eigenvalue weighted by Gasteiger charge is 2.16. The van der Waals surface area contributed by atoms with Crippen LogP contribution in [-0.4, -0.2) is 22.4 Å². The zero-order valence-electron chi connectivity index (χ0n) is 10.8. The molecule has 2 unspecified atom stereocenters. The maximum atomic E-state index is 9.76. The molecule has 1 rings (SSSR count). The third-order valence-corrected chi connectivity index (χ3v) is 3.49. The van der Waals surface area contributed by atoms with Crippen molar-refractivity contribution in [2.24, 2.45) is 0 Å². The van der Waals surface area contributed by atoms with Crippen molar-refractivity contribution in [1.29, 1.82) is 0 Å². The molecule has 90 valence electrons. The van der Waals surface area contributed by atoms with Crippen LogP contribution in [0.4, 0.5) is 0 Å². The summed E-state index contributed by atoms with van der Waals surface area (Å²) in [5.41, 5.74) is 6.11. The summed E-state index contributed by atoms with van der Waals surface area (Å²) in [5.74, 6) is 0. The molecule has 0 fully saturated rings. The van der Waals surface area contributed by atoms with Crippen LogP contribution in [0.3, 0.4) is 0 Å². The Hall–Kier alpha value is -0.860. The van der Waals surface area contributed by atoms with Gasteiger partial charge in [-0.3, -0.25) is 0 Å². The summed E-state index contributed by atoms with van der Waals surface area (Å²) in [6.45, 7) is 9.94. The monoisotopic (exact) mass is 222 g/mol. The SMILES string of the molecule is Cc1cc(C)c(C)c(CC(O)C(C)O)c1C. The van der Waals surface area contributed by atoms with Gasteiger partial charge in [-0.25, -0.2) is 0 Å². The van der Waals surface area contributed by atoms with E-state index < -0.39 is 12.2 Å². The molecular formula is C14H22O2. The lowest BCUT2D eigenvalue weighted by atomic mass is 9.90. The van der Waals surface area contributed by atoms with Crippen LogP contribution in [-0.2, 0) is 6.42 Å². The highest BCUT2D eigenvalue weighted by Crippen LogP contribution is 2.23.